The third-order valence-electron chi connectivity index (χ3n) is 2.52. The molecule has 1 atom stereocenters. The molecule has 1 aromatic carbocycles. The van der Waals surface area contributed by atoms with E-state index >= 15 is 0 Å². The number of benzene rings is 1. The van der Waals surface area contributed by atoms with Gasteiger partial charge in [-0.1, -0.05) is 11.6 Å². The van der Waals surface area contributed by atoms with Crippen LogP contribution in [0.2, 0.25) is 0 Å². The zero-order chi connectivity index (χ0) is 15.3. The number of nitrogens with two attached hydrogens (primary N) is 1. The van der Waals surface area contributed by atoms with Crippen LogP contribution in [0.1, 0.15) is 23.7 Å². The Hall–Kier alpha value is -2.70. The number of carbonyl (C=O) groups is 2. The fourth-order valence-corrected chi connectivity index (χ4v) is 1.57. The van der Waals surface area contributed by atoms with Gasteiger partial charge in [-0.15, -0.1) is 6.58 Å². The lowest BCUT2D eigenvalue weighted by atomic mass is 10.1. The number of nitro benzene ring substituents is 1. The van der Waals surface area contributed by atoms with Crippen molar-refractivity contribution in [3.05, 3.63) is 52.1 Å². The SMILES string of the molecule is C=C(C)C[C@@H](NC(=O)c1cccc([N+](=O)[O-])c1)C(N)=O. The minimum absolute atomic E-state index is 0.0900. The van der Waals surface area contributed by atoms with Gasteiger partial charge in [-0.05, 0) is 19.4 Å². The minimum Gasteiger partial charge on any atom is -0.368 e. The van der Waals surface area contributed by atoms with Crippen molar-refractivity contribution in [3.63, 3.8) is 0 Å². The number of amides is 2. The number of hydrogen-bond donors (Lipinski definition) is 2. The van der Waals surface area contributed by atoms with Crippen LogP contribution < -0.4 is 11.1 Å². The van der Waals surface area contributed by atoms with E-state index in [2.05, 4.69) is 11.9 Å². The Kier molecular flexibility index (Phi) is 4.96. The first-order valence-electron chi connectivity index (χ1n) is 5.80. The molecule has 0 aliphatic carbocycles. The highest BCUT2D eigenvalue weighted by atomic mass is 16.6. The molecule has 7 heteroatoms. The smallest absolute Gasteiger partial charge is 0.270 e. The number of carbonyl (C=O) groups excluding carboxylic acids is 2. The molecule has 20 heavy (non-hydrogen) atoms. The Labute approximate surface area is 115 Å². The van der Waals surface area contributed by atoms with Crippen LogP contribution in [0.15, 0.2) is 36.4 Å². The highest BCUT2D eigenvalue weighted by molar-refractivity contribution is 5.97. The zero-order valence-electron chi connectivity index (χ0n) is 11.0. The monoisotopic (exact) mass is 277 g/mol. The first kappa shape index (κ1) is 15.4. The summed E-state index contributed by atoms with van der Waals surface area (Å²) in [5.41, 5.74) is 5.76. The highest BCUT2D eigenvalue weighted by Gasteiger charge is 2.20. The number of hydrogen-bond acceptors (Lipinski definition) is 4. The van der Waals surface area contributed by atoms with Gasteiger partial charge < -0.3 is 11.1 Å². The molecule has 0 unspecified atom stereocenters. The Morgan fingerprint density at radius 3 is 2.65 bits per heavy atom. The van der Waals surface area contributed by atoms with Crippen LogP contribution in [0.25, 0.3) is 0 Å². The first-order valence-corrected chi connectivity index (χ1v) is 5.80. The second kappa shape index (κ2) is 6.46. The molecule has 0 aromatic heterocycles. The van der Waals surface area contributed by atoms with E-state index in [1.54, 1.807) is 6.92 Å². The van der Waals surface area contributed by atoms with Gasteiger partial charge in [0.25, 0.3) is 11.6 Å². The van der Waals surface area contributed by atoms with Crippen molar-refractivity contribution in [2.75, 3.05) is 0 Å². The van der Waals surface area contributed by atoms with Crippen LogP contribution in [0.3, 0.4) is 0 Å². The third kappa shape index (κ3) is 4.20. The van der Waals surface area contributed by atoms with E-state index in [1.807, 2.05) is 0 Å². The summed E-state index contributed by atoms with van der Waals surface area (Å²) < 4.78 is 0. The average molecular weight is 277 g/mol. The zero-order valence-corrected chi connectivity index (χ0v) is 11.0. The minimum atomic E-state index is -0.890. The van der Waals surface area contributed by atoms with E-state index in [4.69, 9.17) is 5.73 Å². The lowest BCUT2D eigenvalue weighted by Crippen LogP contribution is -2.44. The Morgan fingerprint density at radius 2 is 2.15 bits per heavy atom. The van der Waals surface area contributed by atoms with E-state index in [-0.39, 0.29) is 17.7 Å². The van der Waals surface area contributed by atoms with Crippen molar-refractivity contribution < 1.29 is 14.5 Å². The number of rotatable bonds is 6. The molecule has 0 fully saturated rings. The summed E-state index contributed by atoms with van der Waals surface area (Å²) in [6.45, 7) is 5.35. The molecule has 1 aromatic rings. The molecule has 0 bridgehead atoms. The highest BCUT2D eigenvalue weighted by Crippen LogP contribution is 2.13. The van der Waals surface area contributed by atoms with Crippen molar-refractivity contribution in [2.24, 2.45) is 5.73 Å². The number of nitrogens with one attached hydrogen (secondary N) is 1. The van der Waals surface area contributed by atoms with E-state index < -0.39 is 22.8 Å². The van der Waals surface area contributed by atoms with E-state index in [0.717, 1.165) is 6.07 Å². The predicted molar refractivity (Wildman–Crippen MR) is 73.0 cm³/mol. The van der Waals surface area contributed by atoms with Gasteiger partial charge in [0.05, 0.1) is 4.92 Å². The molecule has 106 valence electrons. The van der Waals surface area contributed by atoms with E-state index in [1.165, 1.54) is 18.2 Å². The van der Waals surface area contributed by atoms with Crippen LogP contribution in [0.5, 0.6) is 0 Å². The summed E-state index contributed by atoms with van der Waals surface area (Å²) in [4.78, 5) is 33.2. The van der Waals surface area contributed by atoms with Gasteiger partial charge in [0.15, 0.2) is 0 Å². The van der Waals surface area contributed by atoms with Gasteiger partial charge in [-0.2, -0.15) is 0 Å². The number of nitrogens with zero attached hydrogens (tertiary/aromatic N) is 1. The number of primary amides is 1. The van der Waals surface area contributed by atoms with Crippen LogP contribution in [-0.2, 0) is 4.79 Å². The molecule has 0 saturated carbocycles. The molecule has 1 rings (SSSR count). The Bertz CT molecular complexity index is 568. The van der Waals surface area contributed by atoms with Gasteiger partial charge in [0.1, 0.15) is 6.04 Å². The second-order valence-electron chi connectivity index (χ2n) is 4.40. The lowest BCUT2D eigenvalue weighted by Gasteiger charge is -2.15. The van der Waals surface area contributed by atoms with E-state index in [9.17, 15) is 19.7 Å². The van der Waals surface area contributed by atoms with Crippen LogP contribution >= 0.6 is 0 Å². The average Bonchev–Trinajstić information content (AvgIpc) is 2.37. The fourth-order valence-electron chi connectivity index (χ4n) is 1.57. The summed E-state index contributed by atoms with van der Waals surface area (Å²) >= 11 is 0. The topological polar surface area (TPSA) is 115 Å². The fraction of sp³-hybridized carbons (Fsp3) is 0.231. The Balaban J connectivity index is 2.88. The number of non-ortho nitro benzene ring substituents is 1. The normalized spacial score (nSPS) is 11.4. The summed E-state index contributed by atoms with van der Waals surface area (Å²) in [5, 5.41) is 13.1. The molecule has 0 aliphatic rings. The maximum atomic E-state index is 11.9. The van der Waals surface area contributed by atoms with Crippen LogP contribution in [0.4, 0.5) is 5.69 Å². The summed E-state index contributed by atoms with van der Waals surface area (Å²) in [6.07, 6.45) is 0.218. The molecular formula is C13H15N3O4. The second-order valence-corrected chi connectivity index (χ2v) is 4.40. The van der Waals surface area contributed by atoms with E-state index in [0.29, 0.717) is 5.57 Å². The largest absolute Gasteiger partial charge is 0.368 e. The molecule has 3 N–H and O–H groups in total. The van der Waals surface area contributed by atoms with Gasteiger partial charge >= 0.3 is 0 Å². The molecule has 0 saturated heterocycles. The summed E-state index contributed by atoms with van der Waals surface area (Å²) in [6, 6.07) is 4.33. The van der Waals surface area contributed by atoms with Crippen molar-refractivity contribution in [1.82, 2.24) is 5.32 Å². The van der Waals surface area contributed by atoms with Crippen molar-refractivity contribution in [1.29, 1.82) is 0 Å². The summed E-state index contributed by atoms with van der Waals surface area (Å²) in [7, 11) is 0. The third-order valence-corrected chi connectivity index (χ3v) is 2.52. The van der Waals surface area contributed by atoms with Crippen molar-refractivity contribution in [2.45, 2.75) is 19.4 Å². The summed E-state index contributed by atoms with van der Waals surface area (Å²) in [5.74, 6) is -1.29. The Morgan fingerprint density at radius 1 is 1.50 bits per heavy atom. The predicted octanol–water partition coefficient (Wildman–Crippen LogP) is 1.14. The molecule has 7 nitrogen and oxygen atoms in total. The van der Waals surface area contributed by atoms with Gasteiger partial charge in [0, 0.05) is 17.7 Å². The molecule has 0 spiro atoms. The van der Waals surface area contributed by atoms with Crippen molar-refractivity contribution in [3.8, 4) is 0 Å². The van der Waals surface area contributed by atoms with Crippen molar-refractivity contribution >= 4 is 17.5 Å². The van der Waals surface area contributed by atoms with Crippen LogP contribution in [-0.4, -0.2) is 22.8 Å². The van der Waals surface area contributed by atoms with Crippen LogP contribution in [0, 0.1) is 10.1 Å². The van der Waals surface area contributed by atoms with Gasteiger partial charge in [-0.25, -0.2) is 0 Å². The number of nitro groups is 1. The molecule has 2 amide bonds. The van der Waals surface area contributed by atoms with Gasteiger partial charge in [-0.3, -0.25) is 19.7 Å². The molecule has 0 radical (unpaired) electrons. The maximum absolute atomic E-state index is 11.9. The standard InChI is InChI=1S/C13H15N3O4/c1-8(2)6-11(12(14)17)15-13(18)9-4-3-5-10(7-9)16(19)20/h3-5,7,11H,1,6H2,2H3,(H2,14,17)(H,15,18)/t11-/m1/s1. The first-order chi connectivity index (χ1) is 9.31. The molecular weight excluding hydrogens is 262 g/mol. The van der Waals surface area contributed by atoms with Gasteiger partial charge in [0.2, 0.25) is 5.91 Å². The lowest BCUT2D eigenvalue weighted by molar-refractivity contribution is -0.384. The maximum Gasteiger partial charge on any atom is 0.270 e. The quantitative estimate of drug-likeness (QED) is 0.461. The molecule has 0 heterocycles. The molecule has 0 aliphatic heterocycles.